The molecule has 1 aromatic carbocycles. The van der Waals surface area contributed by atoms with Crippen molar-refractivity contribution in [3.05, 3.63) is 30.3 Å². The molecule has 0 aliphatic carbocycles. The van der Waals surface area contributed by atoms with E-state index >= 15 is 0 Å². The van der Waals surface area contributed by atoms with Gasteiger partial charge in [0.2, 0.25) is 5.82 Å². The first-order valence-electron chi connectivity index (χ1n) is 4.99. The Balaban J connectivity index is 2.03. The number of nitrogens with one attached hydrogen (secondary N) is 1. The standard InChI is InChI=1S/C10H7FN6O/c11-7-3-5(12)1-2-6(7)10-15-9(17-18-10)8-13-4-14-16-8/h1-4H,12H2,(H,13,14,16). The van der Waals surface area contributed by atoms with Crippen molar-refractivity contribution in [2.45, 2.75) is 0 Å². The van der Waals surface area contributed by atoms with E-state index in [-0.39, 0.29) is 17.3 Å². The molecule has 0 saturated heterocycles. The summed E-state index contributed by atoms with van der Waals surface area (Å²) in [4.78, 5) is 7.89. The summed E-state index contributed by atoms with van der Waals surface area (Å²) in [5, 5.41) is 9.92. The molecule has 0 spiro atoms. The van der Waals surface area contributed by atoms with Crippen LogP contribution in [0, 0.1) is 5.82 Å². The summed E-state index contributed by atoms with van der Waals surface area (Å²) in [5.41, 5.74) is 5.97. The molecule has 0 unspecified atom stereocenters. The van der Waals surface area contributed by atoms with E-state index in [1.165, 1.54) is 18.5 Å². The lowest BCUT2D eigenvalue weighted by molar-refractivity contribution is 0.429. The van der Waals surface area contributed by atoms with Gasteiger partial charge in [0.1, 0.15) is 12.1 Å². The molecule has 3 N–H and O–H groups in total. The van der Waals surface area contributed by atoms with Gasteiger partial charge in [0.15, 0.2) is 5.82 Å². The monoisotopic (exact) mass is 246 g/mol. The molecule has 18 heavy (non-hydrogen) atoms. The van der Waals surface area contributed by atoms with Gasteiger partial charge in [-0.1, -0.05) is 5.16 Å². The Hall–Kier alpha value is -2.77. The van der Waals surface area contributed by atoms with Gasteiger partial charge in [-0.25, -0.2) is 9.37 Å². The number of hydrogen-bond acceptors (Lipinski definition) is 6. The molecule has 0 saturated carbocycles. The second kappa shape index (κ2) is 3.91. The van der Waals surface area contributed by atoms with Gasteiger partial charge < -0.3 is 10.3 Å². The topological polar surface area (TPSA) is 107 Å². The van der Waals surface area contributed by atoms with Crippen molar-refractivity contribution in [3.63, 3.8) is 0 Å². The number of hydrogen-bond donors (Lipinski definition) is 2. The Kier molecular flexibility index (Phi) is 2.26. The molecule has 0 aliphatic heterocycles. The van der Waals surface area contributed by atoms with Crippen molar-refractivity contribution in [2.24, 2.45) is 0 Å². The zero-order valence-electron chi connectivity index (χ0n) is 8.96. The number of aromatic amines is 1. The second-order valence-electron chi connectivity index (χ2n) is 3.50. The van der Waals surface area contributed by atoms with E-state index in [9.17, 15) is 4.39 Å². The Labute approximate surface area is 99.9 Å². The molecule has 7 nitrogen and oxygen atoms in total. The van der Waals surface area contributed by atoms with Crippen molar-refractivity contribution >= 4 is 5.69 Å². The summed E-state index contributed by atoms with van der Waals surface area (Å²) in [5.74, 6) is 0.0845. The lowest BCUT2D eigenvalue weighted by atomic mass is 10.2. The van der Waals surface area contributed by atoms with E-state index in [0.717, 1.165) is 0 Å². The molecular formula is C10H7FN6O. The van der Waals surface area contributed by atoms with Crippen LogP contribution in [0.1, 0.15) is 0 Å². The van der Waals surface area contributed by atoms with E-state index in [4.69, 9.17) is 10.3 Å². The third-order valence-electron chi connectivity index (χ3n) is 2.28. The van der Waals surface area contributed by atoms with E-state index in [2.05, 4.69) is 25.3 Å². The maximum atomic E-state index is 13.6. The fourth-order valence-corrected chi connectivity index (χ4v) is 1.45. The van der Waals surface area contributed by atoms with Gasteiger partial charge in [-0.3, -0.25) is 5.10 Å². The van der Waals surface area contributed by atoms with E-state index < -0.39 is 5.82 Å². The summed E-state index contributed by atoms with van der Waals surface area (Å²) >= 11 is 0. The number of halogens is 1. The van der Waals surface area contributed by atoms with Crippen molar-refractivity contribution < 1.29 is 8.91 Å². The number of nitrogens with two attached hydrogens (primary N) is 1. The van der Waals surface area contributed by atoms with Crippen molar-refractivity contribution in [3.8, 4) is 23.1 Å². The van der Waals surface area contributed by atoms with Crippen LogP contribution in [-0.4, -0.2) is 25.3 Å². The van der Waals surface area contributed by atoms with Crippen LogP contribution in [0.4, 0.5) is 10.1 Å². The number of H-pyrrole nitrogens is 1. The van der Waals surface area contributed by atoms with Crippen LogP contribution in [-0.2, 0) is 0 Å². The Morgan fingerprint density at radius 2 is 2.22 bits per heavy atom. The first kappa shape index (κ1) is 10.4. The molecule has 3 rings (SSSR count). The Bertz CT molecular complexity index is 678. The lowest BCUT2D eigenvalue weighted by Gasteiger charge is -1.97. The maximum Gasteiger partial charge on any atom is 0.261 e. The van der Waals surface area contributed by atoms with Crippen LogP contribution in [0.15, 0.2) is 29.0 Å². The maximum absolute atomic E-state index is 13.6. The van der Waals surface area contributed by atoms with Crippen molar-refractivity contribution in [2.75, 3.05) is 5.73 Å². The molecule has 90 valence electrons. The summed E-state index contributed by atoms with van der Waals surface area (Å²) in [6.45, 7) is 0. The normalized spacial score (nSPS) is 10.7. The van der Waals surface area contributed by atoms with Crippen molar-refractivity contribution in [1.82, 2.24) is 25.3 Å². The molecule has 0 atom stereocenters. The lowest BCUT2D eigenvalue weighted by Crippen LogP contribution is -1.90. The first-order valence-corrected chi connectivity index (χ1v) is 4.99. The number of benzene rings is 1. The number of nitrogen functional groups attached to an aromatic ring is 1. The molecule has 0 radical (unpaired) electrons. The third-order valence-corrected chi connectivity index (χ3v) is 2.28. The molecule has 0 aliphatic rings. The molecule has 0 amide bonds. The zero-order chi connectivity index (χ0) is 12.5. The average Bonchev–Trinajstić information content (AvgIpc) is 2.99. The van der Waals surface area contributed by atoms with Gasteiger partial charge in [0.25, 0.3) is 5.89 Å². The summed E-state index contributed by atoms with van der Waals surface area (Å²) in [6.07, 6.45) is 1.31. The third kappa shape index (κ3) is 1.69. The highest BCUT2D eigenvalue weighted by atomic mass is 19.1. The number of rotatable bonds is 2. The van der Waals surface area contributed by atoms with E-state index in [1.54, 1.807) is 6.07 Å². The van der Waals surface area contributed by atoms with Gasteiger partial charge in [-0.2, -0.15) is 10.1 Å². The second-order valence-corrected chi connectivity index (χ2v) is 3.50. The Morgan fingerprint density at radius 1 is 1.33 bits per heavy atom. The average molecular weight is 246 g/mol. The predicted molar refractivity (Wildman–Crippen MR) is 59.5 cm³/mol. The van der Waals surface area contributed by atoms with Crippen LogP contribution in [0.25, 0.3) is 23.1 Å². The SMILES string of the molecule is Nc1ccc(-c2nc(-c3ncn[nH]3)no2)c(F)c1. The van der Waals surface area contributed by atoms with Crippen molar-refractivity contribution in [1.29, 1.82) is 0 Å². The van der Waals surface area contributed by atoms with Crippen LogP contribution < -0.4 is 5.73 Å². The zero-order valence-corrected chi connectivity index (χ0v) is 8.96. The van der Waals surface area contributed by atoms with Gasteiger partial charge in [0, 0.05) is 5.69 Å². The molecule has 0 fully saturated rings. The largest absolute Gasteiger partial charge is 0.399 e. The summed E-state index contributed by atoms with van der Waals surface area (Å²) < 4.78 is 18.6. The highest BCUT2D eigenvalue weighted by Gasteiger charge is 2.15. The van der Waals surface area contributed by atoms with Gasteiger partial charge in [-0.15, -0.1) is 0 Å². The Morgan fingerprint density at radius 3 is 2.94 bits per heavy atom. The van der Waals surface area contributed by atoms with Crippen LogP contribution in [0.3, 0.4) is 0 Å². The molecule has 2 heterocycles. The van der Waals surface area contributed by atoms with E-state index in [0.29, 0.717) is 11.5 Å². The molecule has 2 aromatic heterocycles. The fourth-order valence-electron chi connectivity index (χ4n) is 1.45. The van der Waals surface area contributed by atoms with Crippen LogP contribution in [0.2, 0.25) is 0 Å². The molecule has 8 heteroatoms. The highest BCUT2D eigenvalue weighted by Crippen LogP contribution is 2.24. The smallest absolute Gasteiger partial charge is 0.261 e. The highest BCUT2D eigenvalue weighted by molar-refractivity contribution is 5.59. The minimum absolute atomic E-state index is 0.0545. The molecule has 3 aromatic rings. The number of aromatic nitrogens is 5. The first-order chi connectivity index (χ1) is 8.74. The minimum Gasteiger partial charge on any atom is -0.399 e. The van der Waals surface area contributed by atoms with Gasteiger partial charge >= 0.3 is 0 Å². The summed E-state index contributed by atoms with van der Waals surface area (Å²) in [7, 11) is 0. The molecule has 0 bridgehead atoms. The van der Waals surface area contributed by atoms with Crippen LogP contribution >= 0.6 is 0 Å². The summed E-state index contributed by atoms with van der Waals surface area (Å²) in [6, 6.07) is 4.22. The predicted octanol–water partition coefficient (Wildman–Crippen LogP) is 1.24. The number of anilines is 1. The molecular weight excluding hydrogens is 239 g/mol. The number of nitrogens with zero attached hydrogens (tertiary/aromatic N) is 4. The van der Waals surface area contributed by atoms with Gasteiger partial charge in [-0.05, 0) is 18.2 Å². The van der Waals surface area contributed by atoms with Crippen LogP contribution in [0.5, 0.6) is 0 Å². The fraction of sp³-hybridized carbons (Fsp3) is 0. The van der Waals surface area contributed by atoms with E-state index in [1.807, 2.05) is 0 Å². The minimum atomic E-state index is -0.525. The quantitative estimate of drug-likeness (QED) is 0.659. The van der Waals surface area contributed by atoms with Gasteiger partial charge in [0.05, 0.1) is 5.56 Å².